The predicted octanol–water partition coefficient (Wildman–Crippen LogP) is 1.68. The molecule has 2 rings (SSSR count). The smallest absolute Gasteiger partial charge is 0.221 e. The summed E-state index contributed by atoms with van der Waals surface area (Å²) in [5.41, 5.74) is 0. The predicted molar refractivity (Wildman–Crippen MR) is 87.9 cm³/mol. The van der Waals surface area contributed by atoms with Gasteiger partial charge in [0.15, 0.2) is 0 Å². The van der Waals surface area contributed by atoms with E-state index in [4.69, 9.17) is 0 Å². The Balaban J connectivity index is 0.00000180. The second-order valence-electron chi connectivity index (χ2n) is 5.71. The molecule has 0 bridgehead atoms. The summed E-state index contributed by atoms with van der Waals surface area (Å²) in [5.74, 6) is 1.94. The number of nitrogens with one attached hydrogen (secondary N) is 2. The van der Waals surface area contributed by atoms with Crippen LogP contribution in [0, 0.1) is 11.8 Å². The van der Waals surface area contributed by atoms with Gasteiger partial charge in [-0.3, -0.25) is 4.79 Å². The van der Waals surface area contributed by atoms with Crippen LogP contribution in [-0.2, 0) is 4.79 Å². The highest BCUT2D eigenvalue weighted by atomic mass is 35.5. The first-order valence-electron chi connectivity index (χ1n) is 7.43. The van der Waals surface area contributed by atoms with Gasteiger partial charge in [-0.1, -0.05) is 0 Å². The van der Waals surface area contributed by atoms with Crippen molar-refractivity contribution < 1.29 is 4.79 Å². The number of nitrogens with zero attached hydrogens (tertiary/aromatic N) is 1. The van der Waals surface area contributed by atoms with Gasteiger partial charge in [-0.05, 0) is 57.2 Å². The molecule has 120 valence electrons. The van der Waals surface area contributed by atoms with Gasteiger partial charge in [-0.25, -0.2) is 0 Å². The lowest BCUT2D eigenvalue weighted by Crippen LogP contribution is -2.42. The average Bonchev–Trinajstić information content (AvgIpc) is 2.46. The van der Waals surface area contributed by atoms with E-state index in [1.807, 2.05) is 0 Å². The maximum Gasteiger partial charge on any atom is 0.221 e. The number of likely N-dealkylation sites (tertiary alicyclic amines) is 1. The number of hydrogen-bond donors (Lipinski definition) is 2. The lowest BCUT2D eigenvalue weighted by atomic mass is 9.80. The molecule has 0 aromatic rings. The lowest BCUT2D eigenvalue weighted by Gasteiger charge is -2.38. The topological polar surface area (TPSA) is 44.4 Å². The normalized spacial score (nSPS) is 24.4. The van der Waals surface area contributed by atoms with Gasteiger partial charge < -0.3 is 15.5 Å². The molecule has 2 heterocycles. The van der Waals surface area contributed by atoms with Crippen molar-refractivity contribution in [3.05, 3.63) is 0 Å². The Kier molecular flexibility index (Phi) is 10.6. The maximum atomic E-state index is 11.3. The fourth-order valence-electron chi connectivity index (χ4n) is 3.38. The zero-order chi connectivity index (χ0) is 12.8. The summed E-state index contributed by atoms with van der Waals surface area (Å²) in [6, 6.07) is 0. The summed E-state index contributed by atoms with van der Waals surface area (Å²) in [5, 5.41) is 6.15. The monoisotopic (exact) mass is 325 g/mol. The summed E-state index contributed by atoms with van der Waals surface area (Å²) < 4.78 is 0. The first-order valence-corrected chi connectivity index (χ1v) is 7.43. The third-order valence-electron chi connectivity index (χ3n) is 4.53. The highest BCUT2D eigenvalue weighted by molar-refractivity contribution is 5.85. The lowest BCUT2D eigenvalue weighted by molar-refractivity contribution is -0.121. The highest BCUT2D eigenvalue weighted by Crippen LogP contribution is 2.29. The molecule has 2 aliphatic rings. The Morgan fingerprint density at radius 2 is 1.90 bits per heavy atom. The molecule has 1 atom stereocenters. The van der Waals surface area contributed by atoms with Crippen molar-refractivity contribution in [1.29, 1.82) is 0 Å². The Morgan fingerprint density at radius 1 is 1.20 bits per heavy atom. The Morgan fingerprint density at radius 3 is 2.55 bits per heavy atom. The number of piperidine rings is 2. The third kappa shape index (κ3) is 6.17. The van der Waals surface area contributed by atoms with Gasteiger partial charge in [0.1, 0.15) is 0 Å². The van der Waals surface area contributed by atoms with Gasteiger partial charge in [0.2, 0.25) is 5.91 Å². The van der Waals surface area contributed by atoms with Crippen molar-refractivity contribution >= 4 is 30.7 Å². The quantitative estimate of drug-likeness (QED) is 0.826. The van der Waals surface area contributed by atoms with Crippen LogP contribution >= 0.6 is 24.8 Å². The summed E-state index contributed by atoms with van der Waals surface area (Å²) >= 11 is 0. The molecule has 1 amide bonds. The van der Waals surface area contributed by atoms with Gasteiger partial charge >= 0.3 is 0 Å². The van der Waals surface area contributed by atoms with E-state index in [2.05, 4.69) is 15.5 Å². The third-order valence-corrected chi connectivity index (χ3v) is 4.53. The Bertz CT molecular complexity index is 273. The maximum absolute atomic E-state index is 11.3. The highest BCUT2D eigenvalue weighted by Gasteiger charge is 2.28. The van der Waals surface area contributed by atoms with Gasteiger partial charge in [-0.15, -0.1) is 24.8 Å². The van der Waals surface area contributed by atoms with E-state index in [1.165, 1.54) is 51.9 Å². The molecule has 2 aliphatic heterocycles. The number of carbonyl (C=O) groups is 1. The number of hydrogen-bond acceptors (Lipinski definition) is 3. The largest absolute Gasteiger partial charge is 0.359 e. The summed E-state index contributed by atoms with van der Waals surface area (Å²) in [7, 11) is 1.72. The van der Waals surface area contributed by atoms with Crippen LogP contribution < -0.4 is 10.6 Å². The molecular weight excluding hydrogens is 297 g/mol. The number of carbonyl (C=O) groups excluding carboxylic acids is 1. The van der Waals surface area contributed by atoms with Gasteiger partial charge in [0.05, 0.1) is 0 Å². The molecule has 0 unspecified atom stereocenters. The average molecular weight is 326 g/mol. The van der Waals surface area contributed by atoms with Crippen LogP contribution in [0.2, 0.25) is 0 Å². The molecule has 2 saturated heterocycles. The Labute approximate surface area is 135 Å². The molecule has 0 spiro atoms. The van der Waals surface area contributed by atoms with Crippen LogP contribution in [0.5, 0.6) is 0 Å². The first-order chi connectivity index (χ1) is 8.79. The molecule has 2 fully saturated rings. The van der Waals surface area contributed by atoms with Crippen molar-refractivity contribution in [2.24, 2.45) is 11.8 Å². The SMILES string of the molecule is CNC(=O)CCN1CCC[C@H](C2CCNCC2)C1.Cl.Cl. The van der Waals surface area contributed by atoms with E-state index >= 15 is 0 Å². The Hall–Kier alpha value is -0.0300. The van der Waals surface area contributed by atoms with E-state index in [9.17, 15) is 4.79 Å². The van der Waals surface area contributed by atoms with Crippen molar-refractivity contribution in [3.8, 4) is 0 Å². The molecule has 4 nitrogen and oxygen atoms in total. The fourth-order valence-corrected chi connectivity index (χ4v) is 3.38. The van der Waals surface area contributed by atoms with E-state index in [0.717, 1.165) is 18.4 Å². The number of halogens is 2. The van der Waals surface area contributed by atoms with Crippen LogP contribution in [0.4, 0.5) is 0 Å². The van der Waals surface area contributed by atoms with Gasteiger partial charge in [0.25, 0.3) is 0 Å². The fraction of sp³-hybridized carbons (Fsp3) is 0.929. The van der Waals surface area contributed by atoms with Crippen LogP contribution in [0.3, 0.4) is 0 Å². The number of amides is 1. The second-order valence-corrected chi connectivity index (χ2v) is 5.71. The molecule has 20 heavy (non-hydrogen) atoms. The van der Waals surface area contributed by atoms with Crippen molar-refractivity contribution in [2.45, 2.75) is 32.1 Å². The van der Waals surface area contributed by atoms with Crippen LogP contribution in [0.15, 0.2) is 0 Å². The van der Waals surface area contributed by atoms with Crippen LogP contribution in [0.1, 0.15) is 32.1 Å². The van der Waals surface area contributed by atoms with Crippen molar-refractivity contribution in [2.75, 3.05) is 39.8 Å². The van der Waals surface area contributed by atoms with Crippen LogP contribution in [0.25, 0.3) is 0 Å². The zero-order valence-electron chi connectivity index (χ0n) is 12.4. The summed E-state index contributed by atoms with van der Waals surface area (Å²) in [6.07, 6.45) is 6.03. The molecule has 0 aromatic carbocycles. The summed E-state index contributed by atoms with van der Waals surface area (Å²) in [4.78, 5) is 13.8. The zero-order valence-corrected chi connectivity index (χ0v) is 14.0. The molecule has 0 radical (unpaired) electrons. The summed E-state index contributed by atoms with van der Waals surface area (Å²) in [6.45, 7) is 5.71. The first kappa shape index (κ1) is 20.0. The molecule has 0 saturated carbocycles. The minimum absolute atomic E-state index is 0. The standard InChI is InChI=1S/C14H27N3O.2ClH/c1-15-14(18)6-10-17-9-2-3-13(11-17)12-4-7-16-8-5-12;;/h12-13,16H,2-11H2,1H3,(H,15,18);2*1H/t13-;;/m0../s1. The van der Waals surface area contributed by atoms with Crippen molar-refractivity contribution in [3.63, 3.8) is 0 Å². The number of rotatable bonds is 4. The van der Waals surface area contributed by atoms with E-state index in [0.29, 0.717) is 6.42 Å². The minimum Gasteiger partial charge on any atom is -0.359 e. The van der Waals surface area contributed by atoms with Gasteiger partial charge in [-0.2, -0.15) is 0 Å². The van der Waals surface area contributed by atoms with E-state index in [-0.39, 0.29) is 30.7 Å². The molecular formula is C14H29Cl2N3O. The second kappa shape index (κ2) is 10.7. The molecule has 0 aromatic heterocycles. The molecule has 6 heteroatoms. The van der Waals surface area contributed by atoms with E-state index < -0.39 is 0 Å². The van der Waals surface area contributed by atoms with Gasteiger partial charge in [0, 0.05) is 26.6 Å². The molecule has 0 aliphatic carbocycles. The minimum atomic E-state index is 0. The molecule has 2 N–H and O–H groups in total. The van der Waals surface area contributed by atoms with Crippen LogP contribution in [-0.4, -0.2) is 50.6 Å². The van der Waals surface area contributed by atoms with Crippen molar-refractivity contribution in [1.82, 2.24) is 15.5 Å². The van der Waals surface area contributed by atoms with E-state index in [1.54, 1.807) is 7.05 Å².